The van der Waals surface area contributed by atoms with Gasteiger partial charge in [0, 0.05) is 16.1 Å². The van der Waals surface area contributed by atoms with Crippen molar-refractivity contribution in [3.8, 4) is 5.75 Å². The number of ether oxygens (including phenoxy) is 1. The van der Waals surface area contributed by atoms with Crippen molar-refractivity contribution < 1.29 is 18.8 Å². The normalized spacial score (nSPS) is 11.8. The van der Waals surface area contributed by atoms with E-state index in [1.807, 2.05) is 54.9 Å². The summed E-state index contributed by atoms with van der Waals surface area (Å²) in [6.45, 7) is 1.42. The molecule has 146 valence electrons. The Hall–Kier alpha value is -2.70. The molecule has 4 nitrogen and oxygen atoms in total. The van der Waals surface area contributed by atoms with E-state index in [2.05, 4.69) is 0 Å². The summed E-state index contributed by atoms with van der Waals surface area (Å²) in [4.78, 5) is 17.0. The average Bonchev–Trinajstić information content (AvgIpc) is 3.19. The zero-order valence-electron chi connectivity index (χ0n) is 16.0. The van der Waals surface area contributed by atoms with E-state index in [0.717, 1.165) is 26.8 Å². The van der Waals surface area contributed by atoms with Gasteiger partial charge in [-0.25, -0.2) is 4.39 Å². The summed E-state index contributed by atoms with van der Waals surface area (Å²) >= 11 is 1.63. The summed E-state index contributed by atoms with van der Waals surface area (Å²) in [6, 6.07) is 18.0. The molecule has 1 unspecified atom stereocenters. The lowest BCUT2D eigenvalue weighted by Gasteiger charge is -2.24. The lowest BCUT2D eigenvalue weighted by atomic mass is 10.2. The van der Waals surface area contributed by atoms with Gasteiger partial charge in [0.2, 0.25) is 0 Å². The molecule has 1 aromatic heterocycles. The van der Waals surface area contributed by atoms with Crippen LogP contribution >= 0.6 is 11.3 Å². The van der Waals surface area contributed by atoms with Gasteiger partial charge in [0.1, 0.15) is 18.1 Å². The number of methoxy groups -OCH3 is 1. The van der Waals surface area contributed by atoms with Gasteiger partial charge >= 0.3 is 0 Å². The molecule has 1 atom stereocenters. The lowest BCUT2D eigenvalue weighted by molar-refractivity contribution is -0.885. The van der Waals surface area contributed by atoms with Crippen LogP contribution in [-0.2, 0) is 17.9 Å². The van der Waals surface area contributed by atoms with Crippen LogP contribution in [0.2, 0.25) is 0 Å². The topological polar surface area (TPSA) is 34.0 Å². The highest BCUT2D eigenvalue weighted by molar-refractivity contribution is 7.09. The van der Waals surface area contributed by atoms with E-state index < -0.39 is 0 Å². The number of anilines is 1. The number of amides is 1. The molecule has 6 heteroatoms. The van der Waals surface area contributed by atoms with Crippen molar-refractivity contribution in [1.29, 1.82) is 0 Å². The Balaban J connectivity index is 1.73. The first-order valence-corrected chi connectivity index (χ1v) is 9.95. The maximum Gasteiger partial charge on any atom is 0.282 e. The zero-order chi connectivity index (χ0) is 19.9. The second-order valence-electron chi connectivity index (χ2n) is 6.70. The Morgan fingerprint density at radius 3 is 2.57 bits per heavy atom. The Morgan fingerprint density at radius 1 is 1.14 bits per heavy atom. The third-order valence-corrected chi connectivity index (χ3v) is 5.29. The van der Waals surface area contributed by atoms with Gasteiger partial charge in [-0.15, -0.1) is 11.3 Å². The van der Waals surface area contributed by atoms with Crippen LogP contribution in [0.4, 0.5) is 10.1 Å². The van der Waals surface area contributed by atoms with Crippen LogP contribution in [0.15, 0.2) is 66.0 Å². The Morgan fingerprint density at radius 2 is 1.93 bits per heavy atom. The Kier molecular flexibility index (Phi) is 6.79. The predicted molar refractivity (Wildman–Crippen MR) is 110 cm³/mol. The number of carbonyl (C=O) groups excluding carboxylic acids is 1. The van der Waals surface area contributed by atoms with Crippen LogP contribution in [0, 0.1) is 5.82 Å². The Labute approximate surface area is 168 Å². The first-order chi connectivity index (χ1) is 13.5. The van der Waals surface area contributed by atoms with Crippen molar-refractivity contribution in [3.63, 3.8) is 0 Å². The molecule has 1 N–H and O–H groups in total. The Bertz CT molecular complexity index is 897. The van der Waals surface area contributed by atoms with Gasteiger partial charge in [-0.05, 0) is 47.8 Å². The predicted octanol–water partition coefficient (Wildman–Crippen LogP) is 3.14. The minimum atomic E-state index is -0.255. The molecule has 3 aromatic rings. The number of nitrogens with one attached hydrogen (secondary N) is 1. The lowest BCUT2D eigenvalue weighted by Crippen LogP contribution is -3.08. The van der Waals surface area contributed by atoms with E-state index in [4.69, 9.17) is 4.74 Å². The molecule has 1 amide bonds. The van der Waals surface area contributed by atoms with Crippen molar-refractivity contribution in [2.24, 2.45) is 0 Å². The third-order valence-electron chi connectivity index (χ3n) is 4.43. The molecule has 0 spiro atoms. The van der Waals surface area contributed by atoms with Gasteiger partial charge in [-0.2, -0.15) is 0 Å². The molecule has 0 aliphatic carbocycles. The maximum atomic E-state index is 13.4. The number of rotatable bonds is 8. The van der Waals surface area contributed by atoms with Crippen LogP contribution in [0.25, 0.3) is 0 Å². The van der Waals surface area contributed by atoms with Crippen LogP contribution < -0.4 is 14.5 Å². The summed E-state index contributed by atoms with van der Waals surface area (Å²) in [5.41, 5.74) is 1.71. The molecule has 1 heterocycles. The second kappa shape index (κ2) is 9.48. The highest BCUT2D eigenvalue weighted by Gasteiger charge is 2.21. The molecule has 28 heavy (non-hydrogen) atoms. The van der Waals surface area contributed by atoms with Crippen LogP contribution in [0.1, 0.15) is 10.4 Å². The number of hydrogen-bond acceptors (Lipinski definition) is 3. The van der Waals surface area contributed by atoms with E-state index in [0.29, 0.717) is 19.6 Å². The molecule has 0 aliphatic heterocycles. The molecule has 0 saturated carbocycles. The average molecular weight is 400 g/mol. The molecule has 0 fully saturated rings. The summed E-state index contributed by atoms with van der Waals surface area (Å²) in [6.07, 6.45) is 0. The fourth-order valence-electron chi connectivity index (χ4n) is 3.06. The van der Waals surface area contributed by atoms with E-state index in [-0.39, 0.29) is 11.7 Å². The van der Waals surface area contributed by atoms with Crippen molar-refractivity contribution in [3.05, 3.63) is 82.3 Å². The molecule has 0 radical (unpaired) electrons. The van der Waals surface area contributed by atoms with Crippen LogP contribution in [-0.4, -0.2) is 26.6 Å². The van der Waals surface area contributed by atoms with E-state index in [1.165, 1.54) is 12.1 Å². The molecule has 0 saturated heterocycles. The number of nitrogens with zero attached hydrogens (tertiary/aromatic N) is 1. The summed E-state index contributed by atoms with van der Waals surface area (Å²) in [5.74, 6) is 0.516. The van der Waals surface area contributed by atoms with Crippen LogP contribution in [0.5, 0.6) is 5.75 Å². The van der Waals surface area contributed by atoms with E-state index >= 15 is 0 Å². The van der Waals surface area contributed by atoms with Gasteiger partial charge in [-0.1, -0.05) is 18.2 Å². The molecule has 2 aromatic carbocycles. The van der Waals surface area contributed by atoms with E-state index in [1.54, 1.807) is 29.4 Å². The molecular weight excluding hydrogens is 375 g/mol. The summed E-state index contributed by atoms with van der Waals surface area (Å²) in [7, 11) is 3.56. The summed E-state index contributed by atoms with van der Waals surface area (Å²) in [5, 5.41) is 2.01. The summed E-state index contributed by atoms with van der Waals surface area (Å²) < 4.78 is 18.6. The second-order valence-corrected chi connectivity index (χ2v) is 7.73. The number of quaternary nitrogens is 1. The van der Waals surface area contributed by atoms with E-state index in [9.17, 15) is 9.18 Å². The van der Waals surface area contributed by atoms with Crippen molar-refractivity contribution >= 4 is 22.9 Å². The van der Waals surface area contributed by atoms with Crippen molar-refractivity contribution in [2.75, 3.05) is 25.6 Å². The minimum absolute atomic E-state index is 0.0208. The minimum Gasteiger partial charge on any atom is -0.497 e. The van der Waals surface area contributed by atoms with Gasteiger partial charge in [0.25, 0.3) is 5.91 Å². The molecular formula is C22H24FN2O2S+. The molecule has 0 bridgehead atoms. The SMILES string of the molecule is COc1ccc(N(Cc2cccs2)C(=O)C[NH+](C)Cc2cccc(F)c2)cc1. The first-order valence-electron chi connectivity index (χ1n) is 9.07. The number of hydrogen-bond donors (Lipinski definition) is 1. The number of halogens is 1. The third kappa shape index (κ3) is 5.41. The van der Waals surface area contributed by atoms with Crippen molar-refractivity contribution in [2.45, 2.75) is 13.1 Å². The van der Waals surface area contributed by atoms with Gasteiger partial charge in [0.05, 0.1) is 20.7 Å². The highest BCUT2D eigenvalue weighted by Crippen LogP contribution is 2.22. The number of thiophene rings is 1. The fraction of sp³-hybridized carbons (Fsp3) is 0.227. The quantitative estimate of drug-likeness (QED) is 0.631. The number of likely N-dealkylation sites (N-methyl/N-ethyl adjacent to an activating group) is 1. The van der Waals surface area contributed by atoms with Gasteiger partial charge < -0.3 is 14.5 Å². The molecule has 3 rings (SSSR count). The maximum absolute atomic E-state index is 13.4. The zero-order valence-corrected chi connectivity index (χ0v) is 16.8. The standard InChI is InChI=1S/C22H23FN2O2S/c1-24(14-17-5-3-6-18(23)13-17)16-22(26)25(15-21-7-4-12-28-21)19-8-10-20(27-2)11-9-19/h3-13H,14-16H2,1-2H3/p+1. The first kappa shape index (κ1) is 20.0. The van der Waals surface area contributed by atoms with Gasteiger partial charge in [-0.3, -0.25) is 4.79 Å². The van der Waals surface area contributed by atoms with Crippen LogP contribution in [0.3, 0.4) is 0 Å². The smallest absolute Gasteiger partial charge is 0.282 e. The van der Waals surface area contributed by atoms with Gasteiger partial charge in [0.15, 0.2) is 6.54 Å². The number of carbonyl (C=O) groups is 1. The monoisotopic (exact) mass is 399 g/mol. The highest BCUT2D eigenvalue weighted by atomic mass is 32.1. The largest absolute Gasteiger partial charge is 0.497 e. The fourth-order valence-corrected chi connectivity index (χ4v) is 3.75. The number of benzene rings is 2. The molecule has 0 aliphatic rings. The van der Waals surface area contributed by atoms with Crippen molar-refractivity contribution in [1.82, 2.24) is 0 Å².